The maximum atomic E-state index is 11.3. The highest BCUT2D eigenvalue weighted by Crippen LogP contribution is 2.28. The van der Waals surface area contributed by atoms with E-state index in [1.165, 1.54) is 0 Å². The highest BCUT2D eigenvalue weighted by molar-refractivity contribution is 5.78. The van der Waals surface area contributed by atoms with E-state index in [1.807, 2.05) is 0 Å². The first-order valence-corrected chi connectivity index (χ1v) is 8.80. The highest BCUT2D eigenvalue weighted by atomic mass is 16.5. The molecule has 126 valence electrons. The standard InChI is InChI=1S/C18H30O4/c1-13(19)15-3-7-17(8-4-15)21-11-12-22-18-9-5-16(6-10-18)14(2)20/h15-18H,3-12H2,1-2H3. The van der Waals surface area contributed by atoms with Gasteiger partial charge in [0.15, 0.2) is 0 Å². The van der Waals surface area contributed by atoms with Gasteiger partial charge in [0.1, 0.15) is 11.6 Å². The second-order valence-corrected chi connectivity index (χ2v) is 6.91. The maximum absolute atomic E-state index is 11.3. The van der Waals surface area contributed by atoms with Gasteiger partial charge in [-0.3, -0.25) is 9.59 Å². The fraction of sp³-hybridized carbons (Fsp3) is 0.889. The minimum atomic E-state index is 0.257. The predicted octanol–water partition coefficient (Wildman–Crippen LogP) is 3.32. The molecule has 22 heavy (non-hydrogen) atoms. The second-order valence-electron chi connectivity index (χ2n) is 6.91. The van der Waals surface area contributed by atoms with Crippen LogP contribution in [0.15, 0.2) is 0 Å². The summed E-state index contributed by atoms with van der Waals surface area (Å²) in [5.41, 5.74) is 0. The molecule has 0 heterocycles. The lowest BCUT2D eigenvalue weighted by atomic mass is 9.85. The normalized spacial score (nSPS) is 32.6. The zero-order valence-electron chi connectivity index (χ0n) is 14.0. The number of hydrogen-bond acceptors (Lipinski definition) is 4. The summed E-state index contributed by atoms with van der Waals surface area (Å²) in [5.74, 6) is 1.16. The van der Waals surface area contributed by atoms with Crippen LogP contribution >= 0.6 is 0 Å². The Balaban J connectivity index is 1.52. The summed E-state index contributed by atoms with van der Waals surface area (Å²) in [6.07, 6.45) is 8.45. The van der Waals surface area contributed by atoms with E-state index in [9.17, 15) is 9.59 Å². The molecule has 0 spiro atoms. The van der Waals surface area contributed by atoms with E-state index in [4.69, 9.17) is 9.47 Å². The van der Waals surface area contributed by atoms with Crippen molar-refractivity contribution in [1.82, 2.24) is 0 Å². The van der Waals surface area contributed by atoms with Crippen molar-refractivity contribution in [2.24, 2.45) is 11.8 Å². The van der Waals surface area contributed by atoms with Crippen molar-refractivity contribution in [3.05, 3.63) is 0 Å². The number of Topliss-reactive ketones (excluding diaryl/α,β-unsaturated/α-hetero) is 2. The van der Waals surface area contributed by atoms with Gasteiger partial charge < -0.3 is 9.47 Å². The molecule has 0 amide bonds. The third-order valence-corrected chi connectivity index (χ3v) is 5.29. The number of ketones is 2. The van der Waals surface area contributed by atoms with Crippen LogP contribution in [-0.2, 0) is 19.1 Å². The summed E-state index contributed by atoms with van der Waals surface area (Å²) in [6.45, 7) is 4.67. The Kier molecular flexibility index (Phi) is 7.03. The third kappa shape index (κ3) is 5.47. The largest absolute Gasteiger partial charge is 0.376 e. The molecule has 0 bridgehead atoms. The lowest BCUT2D eigenvalue weighted by Gasteiger charge is -2.29. The molecular weight excluding hydrogens is 280 g/mol. The first kappa shape index (κ1) is 17.6. The Bertz CT molecular complexity index is 327. The minimum Gasteiger partial charge on any atom is -0.376 e. The topological polar surface area (TPSA) is 52.6 Å². The molecule has 0 unspecified atom stereocenters. The smallest absolute Gasteiger partial charge is 0.132 e. The van der Waals surface area contributed by atoms with Crippen molar-refractivity contribution in [1.29, 1.82) is 0 Å². The molecule has 0 aromatic carbocycles. The van der Waals surface area contributed by atoms with Crippen LogP contribution in [0.5, 0.6) is 0 Å². The van der Waals surface area contributed by atoms with Crippen molar-refractivity contribution < 1.29 is 19.1 Å². The Morgan fingerprint density at radius 2 is 1.00 bits per heavy atom. The second kappa shape index (κ2) is 8.78. The number of hydrogen-bond donors (Lipinski definition) is 0. The highest BCUT2D eigenvalue weighted by Gasteiger charge is 2.25. The summed E-state index contributed by atoms with van der Waals surface area (Å²) in [7, 11) is 0. The Morgan fingerprint density at radius 3 is 1.27 bits per heavy atom. The van der Waals surface area contributed by atoms with E-state index in [-0.39, 0.29) is 11.8 Å². The molecule has 2 aliphatic carbocycles. The molecule has 0 aromatic rings. The van der Waals surface area contributed by atoms with Crippen LogP contribution < -0.4 is 0 Å². The lowest BCUT2D eigenvalue weighted by Crippen LogP contribution is -2.28. The molecule has 2 rings (SSSR count). The monoisotopic (exact) mass is 310 g/mol. The van der Waals surface area contributed by atoms with Crippen LogP contribution in [0, 0.1) is 11.8 Å². The van der Waals surface area contributed by atoms with Crippen molar-refractivity contribution in [3.63, 3.8) is 0 Å². The molecule has 0 atom stereocenters. The van der Waals surface area contributed by atoms with Gasteiger partial charge in [-0.05, 0) is 65.2 Å². The van der Waals surface area contributed by atoms with Gasteiger partial charge in [-0.15, -0.1) is 0 Å². The SMILES string of the molecule is CC(=O)C1CCC(OCCOC2CCC(C(C)=O)CC2)CC1. The van der Waals surface area contributed by atoms with Gasteiger partial charge in [-0.25, -0.2) is 0 Å². The van der Waals surface area contributed by atoms with Gasteiger partial charge in [0.2, 0.25) is 0 Å². The Labute approximate surface area is 133 Å². The predicted molar refractivity (Wildman–Crippen MR) is 84.8 cm³/mol. The third-order valence-electron chi connectivity index (χ3n) is 5.29. The first-order chi connectivity index (χ1) is 10.6. The molecule has 2 aliphatic rings. The minimum absolute atomic E-state index is 0.257. The van der Waals surface area contributed by atoms with E-state index in [1.54, 1.807) is 13.8 Å². The summed E-state index contributed by atoms with van der Waals surface area (Å²) in [6, 6.07) is 0. The van der Waals surface area contributed by atoms with E-state index < -0.39 is 0 Å². The maximum Gasteiger partial charge on any atom is 0.132 e. The molecule has 0 radical (unpaired) electrons. The fourth-order valence-electron chi connectivity index (χ4n) is 3.70. The first-order valence-electron chi connectivity index (χ1n) is 8.80. The average Bonchev–Trinajstić information content (AvgIpc) is 2.52. The van der Waals surface area contributed by atoms with Crippen molar-refractivity contribution >= 4 is 11.6 Å². The van der Waals surface area contributed by atoms with Gasteiger partial charge in [0, 0.05) is 11.8 Å². The van der Waals surface area contributed by atoms with Gasteiger partial charge in [0.05, 0.1) is 25.4 Å². The molecule has 0 aliphatic heterocycles. The van der Waals surface area contributed by atoms with Crippen LogP contribution in [0.4, 0.5) is 0 Å². The van der Waals surface area contributed by atoms with E-state index in [0.717, 1.165) is 51.4 Å². The quantitative estimate of drug-likeness (QED) is 0.677. The zero-order chi connectivity index (χ0) is 15.9. The molecule has 0 saturated heterocycles. The number of carbonyl (C=O) groups excluding carboxylic acids is 2. The van der Waals surface area contributed by atoms with Gasteiger partial charge in [-0.2, -0.15) is 0 Å². The fourth-order valence-corrected chi connectivity index (χ4v) is 3.70. The Morgan fingerprint density at radius 1 is 0.682 bits per heavy atom. The van der Waals surface area contributed by atoms with E-state index >= 15 is 0 Å². The molecule has 2 fully saturated rings. The van der Waals surface area contributed by atoms with E-state index in [0.29, 0.717) is 37.0 Å². The molecule has 4 heteroatoms. The summed E-state index contributed by atoms with van der Waals surface area (Å²) < 4.78 is 11.7. The molecular formula is C18H30O4. The van der Waals surface area contributed by atoms with Crippen molar-refractivity contribution in [2.75, 3.05) is 13.2 Å². The molecule has 0 N–H and O–H groups in total. The van der Waals surface area contributed by atoms with Crippen molar-refractivity contribution in [3.8, 4) is 0 Å². The number of rotatable bonds is 7. The molecule has 4 nitrogen and oxygen atoms in total. The summed E-state index contributed by atoms with van der Waals surface area (Å²) in [5, 5.41) is 0. The van der Waals surface area contributed by atoms with Gasteiger partial charge >= 0.3 is 0 Å². The van der Waals surface area contributed by atoms with Crippen LogP contribution in [-0.4, -0.2) is 37.0 Å². The zero-order valence-corrected chi connectivity index (χ0v) is 14.0. The van der Waals surface area contributed by atoms with Crippen LogP contribution in [0.2, 0.25) is 0 Å². The number of carbonyl (C=O) groups is 2. The van der Waals surface area contributed by atoms with Gasteiger partial charge in [0.25, 0.3) is 0 Å². The molecule has 2 saturated carbocycles. The number of ether oxygens (including phenoxy) is 2. The van der Waals surface area contributed by atoms with Crippen LogP contribution in [0.1, 0.15) is 65.2 Å². The average molecular weight is 310 g/mol. The van der Waals surface area contributed by atoms with E-state index in [2.05, 4.69) is 0 Å². The van der Waals surface area contributed by atoms with Crippen LogP contribution in [0.25, 0.3) is 0 Å². The lowest BCUT2D eigenvalue weighted by molar-refractivity contribution is -0.124. The Hall–Kier alpha value is -0.740. The summed E-state index contributed by atoms with van der Waals surface area (Å²) >= 11 is 0. The molecule has 0 aromatic heterocycles. The van der Waals surface area contributed by atoms with Crippen molar-refractivity contribution in [2.45, 2.75) is 77.4 Å². The van der Waals surface area contributed by atoms with Gasteiger partial charge in [-0.1, -0.05) is 0 Å². The summed E-state index contributed by atoms with van der Waals surface area (Å²) in [4.78, 5) is 22.6. The van der Waals surface area contributed by atoms with Crippen LogP contribution in [0.3, 0.4) is 0 Å².